The lowest BCUT2D eigenvalue weighted by Gasteiger charge is -2.29. The van der Waals surface area contributed by atoms with Gasteiger partial charge in [0.05, 0.1) is 6.20 Å². The first-order chi connectivity index (χ1) is 29.5. The van der Waals surface area contributed by atoms with Gasteiger partial charge < -0.3 is 35.5 Å². The molecule has 4 N–H and O–H groups in total. The fraction of sp³-hybridized carbons (Fsp3) is 0.298. The van der Waals surface area contributed by atoms with Crippen molar-refractivity contribution < 1.29 is 33.2 Å². The topological polar surface area (TPSA) is 183 Å². The first kappa shape index (κ1) is 42.0. The van der Waals surface area contributed by atoms with Gasteiger partial charge in [-0.15, -0.1) is 0 Å². The van der Waals surface area contributed by atoms with Gasteiger partial charge in [-0.2, -0.15) is 0 Å². The molecule has 0 radical (unpaired) electrons. The molecule has 5 aromatic rings. The van der Waals surface area contributed by atoms with Gasteiger partial charge in [-0.3, -0.25) is 28.8 Å². The summed E-state index contributed by atoms with van der Waals surface area (Å²) in [4.78, 5) is 85.4. The highest BCUT2D eigenvalue weighted by molar-refractivity contribution is 5.94. The molecule has 3 heterocycles. The van der Waals surface area contributed by atoms with Gasteiger partial charge in [0.25, 0.3) is 0 Å². The number of benzene rings is 4. The maximum Gasteiger partial charge on any atom is 0.250 e. The Morgan fingerprint density at radius 1 is 0.607 bits per heavy atom. The minimum atomic E-state index is -0.823. The van der Waals surface area contributed by atoms with Crippen molar-refractivity contribution in [3.05, 3.63) is 127 Å². The van der Waals surface area contributed by atoms with Crippen LogP contribution in [0.5, 0.6) is 0 Å². The second-order valence-electron chi connectivity index (χ2n) is 15.4. The van der Waals surface area contributed by atoms with E-state index in [9.17, 15) is 28.8 Å². The van der Waals surface area contributed by atoms with Gasteiger partial charge in [-0.25, -0.2) is 4.98 Å². The number of anilines is 2. The van der Waals surface area contributed by atoms with Crippen LogP contribution in [0.2, 0.25) is 0 Å². The summed E-state index contributed by atoms with van der Waals surface area (Å²) in [7, 11) is 0. The summed E-state index contributed by atoms with van der Waals surface area (Å²) in [5.41, 5.74) is 4.02. The third kappa shape index (κ3) is 10.6. The number of oxazole rings is 1. The molecule has 4 aromatic carbocycles. The fourth-order valence-corrected chi connectivity index (χ4v) is 8.09. The number of carbonyl (C=O) groups is 6. The minimum Gasteiger partial charge on any atom is -0.436 e. The van der Waals surface area contributed by atoms with Crippen LogP contribution in [0.1, 0.15) is 75.6 Å². The molecule has 2 unspecified atom stereocenters. The minimum absolute atomic E-state index is 0.122. The highest BCUT2D eigenvalue weighted by Gasteiger charge is 2.37. The average Bonchev–Trinajstić information content (AvgIpc) is 4.05. The molecule has 7 rings (SSSR count). The molecule has 6 amide bonds. The molecule has 14 heteroatoms. The van der Waals surface area contributed by atoms with Crippen molar-refractivity contribution in [1.82, 2.24) is 25.4 Å². The predicted molar refractivity (Wildman–Crippen MR) is 229 cm³/mol. The number of nitrogens with zero attached hydrogens (tertiary/aromatic N) is 3. The van der Waals surface area contributed by atoms with Crippen molar-refractivity contribution in [2.75, 3.05) is 23.7 Å². The van der Waals surface area contributed by atoms with E-state index in [2.05, 4.69) is 26.3 Å². The Bertz CT molecular complexity index is 2190. The standard InChI is InChI=1S/C47H49N7O7/c1-30(55)49-43(33-11-5-3-6-12-33)46(59)53-25-9-15-38(53)27-41(57)51-36-21-17-32(18-22-36)40-29-48-45(61-40)35-19-23-37(24-20-35)52-42(58)28-39-16-10-26-54(39)47(60)44(50-31(2)56)34-13-7-4-8-14-34/h3-8,11-14,17-24,29,38-39,43-44H,9-10,15-16,25-28H2,1-2H3,(H,49,55)(H,50,56)(H,51,57)(H,52,58)/t38?,39?,43-,44-/m1/s1. The third-order valence-corrected chi connectivity index (χ3v) is 11.0. The Balaban J connectivity index is 0.908. The zero-order valence-electron chi connectivity index (χ0n) is 34.1. The van der Waals surface area contributed by atoms with E-state index in [1.807, 2.05) is 48.5 Å². The molecule has 2 saturated heterocycles. The lowest BCUT2D eigenvalue weighted by molar-refractivity contribution is -0.138. The molecule has 4 atom stereocenters. The number of rotatable bonds is 14. The second-order valence-corrected chi connectivity index (χ2v) is 15.4. The molecular weight excluding hydrogens is 775 g/mol. The van der Waals surface area contributed by atoms with Crippen molar-refractivity contribution in [2.45, 2.75) is 76.5 Å². The van der Waals surface area contributed by atoms with Crippen LogP contribution in [-0.2, 0) is 28.8 Å². The van der Waals surface area contributed by atoms with Crippen LogP contribution < -0.4 is 21.3 Å². The number of aromatic nitrogens is 1. The summed E-state index contributed by atoms with van der Waals surface area (Å²) in [6.07, 6.45) is 4.78. The van der Waals surface area contributed by atoms with Gasteiger partial charge in [0.2, 0.25) is 41.3 Å². The summed E-state index contributed by atoms with van der Waals surface area (Å²) in [6.45, 7) is 3.79. The molecule has 0 spiro atoms. The maximum absolute atomic E-state index is 13.6. The van der Waals surface area contributed by atoms with Gasteiger partial charge in [0.15, 0.2) is 5.76 Å². The van der Waals surface area contributed by atoms with E-state index in [0.717, 1.165) is 18.4 Å². The number of hydrogen-bond acceptors (Lipinski definition) is 8. The molecule has 2 aliphatic heterocycles. The molecule has 2 aliphatic rings. The smallest absolute Gasteiger partial charge is 0.250 e. The van der Waals surface area contributed by atoms with Gasteiger partial charge in [-0.1, -0.05) is 60.7 Å². The van der Waals surface area contributed by atoms with Crippen molar-refractivity contribution in [3.63, 3.8) is 0 Å². The van der Waals surface area contributed by atoms with Crippen LogP contribution in [0.4, 0.5) is 11.4 Å². The normalized spacial score (nSPS) is 17.0. The number of likely N-dealkylation sites (tertiary alicyclic amines) is 2. The van der Waals surface area contributed by atoms with E-state index in [4.69, 9.17) is 4.42 Å². The molecule has 0 saturated carbocycles. The van der Waals surface area contributed by atoms with E-state index in [-0.39, 0.29) is 60.4 Å². The molecule has 0 bridgehead atoms. The Morgan fingerprint density at radius 3 is 1.46 bits per heavy atom. The summed E-state index contributed by atoms with van der Waals surface area (Å²) in [5, 5.41) is 11.4. The number of nitrogens with one attached hydrogen (secondary N) is 4. The summed E-state index contributed by atoms with van der Waals surface area (Å²) >= 11 is 0. The molecule has 0 aliphatic carbocycles. The molecule has 1 aromatic heterocycles. The van der Waals surface area contributed by atoms with Crippen LogP contribution in [0.15, 0.2) is 120 Å². The first-order valence-corrected chi connectivity index (χ1v) is 20.5. The van der Waals surface area contributed by atoms with Crippen LogP contribution in [-0.4, -0.2) is 75.4 Å². The largest absolute Gasteiger partial charge is 0.436 e. The summed E-state index contributed by atoms with van der Waals surface area (Å²) in [6, 6.07) is 30.3. The van der Waals surface area contributed by atoms with Crippen molar-refractivity contribution in [3.8, 4) is 22.8 Å². The fourth-order valence-electron chi connectivity index (χ4n) is 8.09. The lowest BCUT2D eigenvalue weighted by atomic mass is 10.0. The zero-order valence-corrected chi connectivity index (χ0v) is 34.1. The van der Waals surface area contributed by atoms with E-state index in [1.54, 1.807) is 76.7 Å². The summed E-state index contributed by atoms with van der Waals surface area (Å²) < 4.78 is 6.08. The van der Waals surface area contributed by atoms with Crippen molar-refractivity contribution in [1.29, 1.82) is 0 Å². The predicted octanol–water partition coefficient (Wildman–Crippen LogP) is 6.40. The van der Waals surface area contributed by atoms with E-state index in [1.165, 1.54) is 13.8 Å². The van der Waals surface area contributed by atoms with Crippen LogP contribution in [0.25, 0.3) is 22.8 Å². The molecule has 314 valence electrons. The maximum atomic E-state index is 13.6. The lowest BCUT2D eigenvalue weighted by Crippen LogP contribution is -2.45. The quantitative estimate of drug-likeness (QED) is 0.0992. The SMILES string of the molecule is CC(=O)N[C@@H](C(=O)N1CCCC1CC(=O)Nc1ccc(-c2cnc(-c3ccc(NC(=O)CC4CCCN4C(=O)[C@H](NC(C)=O)c4ccccc4)cc3)o2)cc1)c1ccccc1. The Kier molecular flexibility index (Phi) is 13.3. The van der Waals surface area contributed by atoms with Crippen LogP contribution in [0, 0.1) is 0 Å². The van der Waals surface area contributed by atoms with E-state index in [0.29, 0.717) is 65.6 Å². The Morgan fingerprint density at radius 2 is 1.03 bits per heavy atom. The number of hydrogen-bond donors (Lipinski definition) is 4. The van der Waals surface area contributed by atoms with Crippen molar-refractivity contribution >= 4 is 46.8 Å². The van der Waals surface area contributed by atoms with Crippen molar-refractivity contribution in [2.24, 2.45) is 0 Å². The highest BCUT2D eigenvalue weighted by Crippen LogP contribution is 2.30. The highest BCUT2D eigenvalue weighted by atomic mass is 16.4. The molecule has 2 fully saturated rings. The van der Waals surface area contributed by atoms with Gasteiger partial charge in [-0.05, 0) is 85.3 Å². The van der Waals surface area contributed by atoms with E-state index < -0.39 is 12.1 Å². The van der Waals surface area contributed by atoms with Crippen LogP contribution >= 0.6 is 0 Å². The Hall–Kier alpha value is -7.09. The second kappa shape index (κ2) is 19.3. The van der Waals surface area contributed by atoms with E-state index >= 15 is 0 Å². The van der Waals surface area contributed by atoms with Gasteiger partial charge in [0.1, 0.15) is 12.1 Å². The zero-order chi connectivity index (χ0) is 42.9. The molecule has 61 heavy (non-hydrogen) atoms. The number of carbonyl (C=O) groups excluding carboxylic acids is 6. The average molecular weight is 824 g/mol. The monoisotopic (exact) mass is 823 g/mol. The molecule has 14 nitrogen and oxygen atoms in total. The van der Waals surface area contributed by atoms with Gasteiger partial charge in [0, 0.05) is 74.4 Å². The first-order valence-electron chi connectivity index (χ1n) is 20.5. The summed E-state index contributed by atoms with van der Waals surface area (Å²) in [5.74, 6) is -0.603. The Labute approximate surface area is 354 Å². The third-order valence-electron chi connectivity index (χ3n) is 11.0. The van der Waals surface area contributed by atoms with Crippen LogP contribution in [0.3, 0.4) is 0 Å². The molecular formula is C47H49N7O7. The number of amides is 6. The van der Waals surface area contributed by atoms with Gasteiger partial charge >= 0.3 is 0 Å².